The van der Waals surface area contributed by atoms with Crippen molar-refractivity contribution in [3.8, 4) is 0 Å². The molecular weight excluding hydrogens is 150 g/mol. The Morgan fingerprint density at radius 1 is 1.55 bits per heavy atom. The van der Waals surface area contributed by atoms with Gasteiger partial charge in [0.15, 0.2) is 0 Å². The summed E-state index contributed by atoms with van der Waals surface area (Å²) < 4.78 is 17.0. The molecule has 4 atom stereocenters. The standard InChI is InChI=1S/C6H10BFO3/c7-6-5(10)3(1-8)4(2-9)11-6/h3-6,9-10H,1-2H2/t3-,4-,5-,6-/m1/s1. The van der Waals surface area contributed by atoms with Gasteiger partial charge in [-0.1, -0.05) is 0 Å². The summed E-state index contributed by atoms with van der Waals surface area (Å²) in [6.45, 7) is -1.03. The molecule has 11 heavy (non-hydrogen) atoms. The molecule has 0 aliphatic carbocycles. The predicted molar refractivity (Wildman–Crippen MR) is 37.0 cm³/mol. The third-order valence-corrected chi connectivity index (χ3v) is 1.94. The van der Waals surface area contributed by atoms with Crippen molar-refractivity contribution in [2.24, 2.45) is 5.92 Å². The van der Waals surface area contributed by atoms with Crippen molar-refractivity contribution in [2.75, 3.05) is 13.3 Å². The van der Waals surface area contributed by atoms with E-state index in [1.165, 1.54) is 0 Å². The van der Waals surface area contributed by atoms with E-state index in [9.17, 15) is 4.39 Å². The minimum atomic E-state index is -1.00. The first-order valence-corrected chi connectivity index (χ1v) is 3.46. The normalized spacial score (nSPS) is 44.6. The van der Waals surface area contributed by atoms with Crippen LogP contribution in [0, 0.1) is 5.92 Å². The van der Waals surface area contributed by atoms with Crippen LogP contribution in [0.25, 0.3) is 0 Å². The van der Waals surface area contributed by atoms with Gasteiger partial charge in [0.05, 0.1) is 25.5 Å². The summed E-state index contributed by atoms with van der Waals surface area (Å²) in [5, 5.41) is 17.8. The van der Waals surface area contributed by atoms with Crippen molar-refractivity contribution in [3.63, 3.8) is 0 Å². The maximum absolute atomic E-state index is 12.2. The zero-order valence-electron chi connectivity index (χ0n) is 5.98. The van der Waals surface area contributed by atoms with Crippen LogP contribution in [0.1, 0.15) is 0 Å². The van der Waals surface area contributed by atoms with Crippen LogP contribution in [0.5, 0.6) is 0 Å². The van der Waals surface area contributed by atoms with Gasteiger partial charge in [0, 0.05) is 11.9 Å². The van der Waals surface area contributed by atoms with Crippen molar-refractivity contribution in [2.45, 2.75) is 18.2 Å². The summed E-state index contributed by atoms with van der Waals surface area (Å²) in [7, 11) is 5.26. The third kappa shape index (κ3) is 1.55. The molecule has 62 valence electrons. The molecule has 1 heterocycles. The maximum Gasteiger partial charge on any atom is 0.112 e. The molecule has 0 saturated carbocycles. The fourth-order valence-corrected chi connectivity index (χ4v) is 1.22. The number of aliphatic hydroxyl groups is 2. The average Bonchev–Trinajstić information content (AvgIpc) is 2.28. The zero-order chi connectivity index (χ0) is 8.43. The predicted octanol–water partition coefficient (Wildman–Crippen LogP) is -1.18. The Hall–Kier alpha value is -0.125. The number of rotatable bonds is 2. The lowest BCUT2D eigenvalue weighted by Crippen LogP contribution is -2.30. The molecule has 0 aromatic heterocycles. The summed E-state index contributed by atoms with van der Waals surface area (Å²) in [5.74, 6) is -0.685. The van der Waals surface area contributed by atoms with Crippen LogP contribution < -0.4 is 0 Å². The molecule has 1 aliphatic heterocycles. The number of alkyl halides is 1. The van der Waals surface area contributed by atoms with Crippen molar-refractivity contribution in [1.29, 1.82) is 0 Å². The van der Waals surface area contributed by atoms with E-state index >= 15 is 0 Å². The summed E-state index contributed by atoms with van der Waals surface area (Å²) in [6.07, 6.45) is -1.66. The van der Waals surface area contributed by atoms with Crippen molar-refractivity contribution in [3.05, 3.63) is 0 Å². The average molecular weight is 160 g/mol. The van der Waals surface area contributed by atoms with E-state index in [-0.39, 0.29) is 6.61 Å². The number of aliphatic hydroxyl groups excluding tert-OH is 2. The van der Waals surface area contributed by atoms with E-state index in [1.54, 1.807) is 0 Å². The molecular formula is C6H10BFO3. The maximum atomic E-state index is 12.2. The van der Waals surface area contributed by atoms with Gasteiger partial charge in [-0.2, -0.15) is 0 Å². The molecule has 1 saturated heterocycles. The van der Waals surface area contributed by atoms with Crippen LogP contribution in [0.3, 0.4) is 0 Å². The SMILES string of the molecule is [B][C@@H]1O[C@H](CO)[C@@H](CF)[C@H]1O. The second-order valence-corrected chi connectivity index (χ2v) is 2.63. The lowest BCUT2D eigenvalue weighted by atomic mass is 9.88. The summed E-state index contributed by atoms with van der Waals surface area (Å²) in [5.41, 5.74) is 0. The first kappa shape index (κ1) is 8.97. The van der Waals surface area contributed by atoms with Crippen molar-refractivity contribution >= 4 is 7.85 Å². The Labute approximate surface area is 65.6 Å². The third-order valence-electron chi connectivity index (χ3n) is 1.94. The molecule has 0 unspecified atom stereocenters. The van der Waals surface area contributed by atoms with Crippen LogP contribution >= 0.6 is 0 Å². The fourth-order valence-electron chi connectivity index (χ4n) is 1.22. The van der Waals surface area contributed by atoms with Gasteiger partial charge in [-0.05, 0) is 0 Å². The first-order valence-electron chi connectivity index (χ1n) is 3.46. The molecule has 0 aromatic carbocycles. The quantitative estimate of drug-likeness (QED) is 0.499. The Kier molecular flexibility index (Phi) is 2.87. The largest absolute Gasteiger partial charge is 0.394 e. The second kappa shape index (κ2) is 3.52. The molecule has 1 fully saturated rings. The minimum absolute atomic E-state index is 0.306. The van der Waals surface area contributed by atoms with E-state index < -0.39 is 30.8 Å². The van der Waals surface area contributed by atoms with Gasteiger partial charge in [-0.3, -0.25) is 4.39 Å². The molecule has 2 radical (unpaired) electrons. The summed E-state index contributed by atoms with van der Waals surface area (Å²) in [6, 6.07) is -0.868. The summed E-state index contributed by atoms with van der Waals surface area (Å²) >= 11 is 0. The van der Waals surface area contributed by atoms with Crippen LogP contribution in [0.4, 0.5) is 4.39 Å². The van der Waals surface area contributed by atoms with Crippen LogP contribution in [-0.4, -0.2) is 49.6 Å². The van der Waals surface area contributed by atoms with E-state index in [0.29, 0.717) is 0 Å². The minimum Gasteiger partial charge on any atom is -0.394 e. The molecule has 3 nitrogen and oxygen atoms in total. The molecule has 0 bridgehead atoms. The van der Waals surface area contributed by atoms with Gasteiger partial charge in [0.2, 0.25) is 0 Å². The van der Waals surface area contributed by atoms with E-state index in [4.69, 9.17) is 22.8 Å². The summed E-state index contributed by atoms with van der Waals surface area (Å²) in [4.78, 5) is 0. The Morgan fingerprint density at radius 2 is 2.18 bits per heavy atom. The van der Waals surface area contributed by atoms with E-state index in [2.05, 4.69) is 0 Å². The molecule has 0 spiro atoms. The van der Waals surface area contributed by atoms with Crippen LogP contribution in [0.15, 0.2) is 0 Å². The number of ether oxygens (including phenoxy) is 1. The second-order valence-electron chi connectivity index (χ2n) is 2.63. The van der Waals surface area contributed by atoms with Crippen molar-refractivity contribution < 1.29 is 19.3 Å². The Balaban J connectivity index is 2.57. The molecule has 2 N–H and O–H groups in total. The van der Waals surface area contributed by atoms with Crippen LogP contribution in [0.2, 0.25) is 0 Å². The van der Waals surface area contributed by atoms with Gasteiger partial charge in [0.1, 0.15) is 7.85 Å². The fraction of sp³-hybridized carbons (Fsp3) is 1.00. The Morgan fingerprint density at radius 3 is 2.55 bits per heavy atom. The highest BCUT2D eigenvalue weighted by atomic mass is 19.1. The Bertz CT molecular complexity index is 135. The molecule has 1 rings (SSSR count). The van der Waals surface area contributed by atoms with E-state index in [1.807, 2.05) is 0 Å². The smallest absolute Gasteiger partial charge is 0.112 e. The monoisotopic (exact) mass is 160 g/mol. The van der Waals surface area contributed by atoms with Gasteiger partial charge < -0.3 is 14.9 Å². The number of hydrogen-bond acceptors (Lipinski definition) is 3. The lowest BCUT2D eigenvalue weighted by molar-refractivity contribution is 0.0212. The zero-order valence-corrected chi connectivity index (χ0v) is 5.98. The topological polar surface area (TPSA) is 49.7 Å². The highest BCUT2D eigenvalue weighted by Crippen LogP contribution is 2.25. The number of halogens is 1. The van der Waals surface area contributed by atoms with Gasteiger partial charge in [-0.25, -0.2) is 0 Å². The first-order chi connectivity index (χ1) is 5.20. The highest BCUT2D eigenvalue weighted by Gasteiger charge is 2.40. The molecule has 5 heteroatoms. The molecule has 0 amide bonds. The highest BCUT2D eigenvalue weighted by molar-refractivity contribution is 6.11. The van der Waals surface area contributed by atoms with Gasteiger partial charge in [-0.15, -0.1) is 0 Å². The molecule has 1 aliphatic rings. The van der Waals surface area contributed by atoms with Gasteiger partial charge in [0.25, 0.3) is 0 Å². The molecule has 0 aromatic rings. The van der Waals surface area contributed by atoms with E-state index in [0.717, 1.165) is 0 Å². The van der Waals surface area contributed by atoms with Crippen LogP contribution in [-0.2, 0) is 4.74 Å². The number of hydrogen-bond donors (Lipinski definition) is 2. The van der Waals surface area contributed by atoms with Gasteiger partial charge >= 0.3 is 0 Å². The van der Waals surface area contributed by atoms with Crippen molar-refractivity contribution in [1.82, 2.24) is 0 Å². The lowest BCUT2D eigenvalue weighted by Gasteiger charge is -2.13.